The molecule has 7 heteroatoms. The molecule has 0 unspecified atom stereocenters. The molecule has 0 aliphatic rings. The van der Waals surface area contributed by atoms with Gasteiger partial charge in [0.15, 0.2) is 6.61 Å². The van der Waals surface area contributed by atoms with Gasteiger partial charge in [-0.05, 0) is 5.92 Å². The molecular weight excluding hydrogens is 276 g/mol. The van der Waals surface area contributed by atoms with Gasteiger partial charge in [-0.15, -0.1) is 0 Å². The van der Waals surface area contributed by atoms with E-state index in [0.29, 0.717) is 12.5 Å². The summed E-state index contributed by atoms with van der Waals surface area (Å²) in [6, 6.07) is 5.92. The second-order valence-corrected chi connectivity index (χ2v) is 4.92. The Morgan fingerprint density at radius 3 is 2.62 bits per heavy atom. The van der Waals surface area contributed by atoms with Crippen molar-refractivity contribution in [3.05, 3.63) is 39.9 Å². The molecule has 21 heavy (non-hydrogen) atoms. The molecule has 0 spiro atoms. The minimum Gasteiger partial charge on any atom is -0.455 e. The Balaban J connectivity index is 2.48. The Bertz CT molecular complexity index is 528. The Labute approximate surface area is 122 Å². The SMILES string of the molecule is CC(C)CNC(=O)COC(=O)Cc1ccccc1[N+](=O)[O-]. The highest BCUT2D eigenvalue weighted by Gasteiger charge is 2.16. The van der Waals surface area contributed by atoms with Gasteiger partial charge in [-0.1, -0.05) is 32.0 Å². The summed E-state index contributed by atoms with van der Waals surface area (Å²) in [5.41, 5.74) is 0.119. The number of ether oxygens (including phenoxy) is 1. The first kappa shape index (κ1) is 16.6. The average molecular weight is 294 g/mol. The minimum absolute atomic E-state index is 0.140. The van der Waals surface area contributed by atoms with E-state index in [-0.39, 0.29) is 30.2 Å². The number of nitro groups is 1. The first-order valence-electron chi connectivity index (χ1n) is 6.54. The lowest BCUT2D eigenvalue weighted by Crippen LogP contribution is -2.31. The van der Waals surface area contributed by atoms with Crippen LogP contribution in [-0.4, -0.2) is 30.0 Å². The van der Waals surface area contributed by atoms with E-state index in [1.807, 2.05) is 13.8 Å². The van der Waals surface area contributed by atoms with Crippen molar-refractivity contribution in [2.24, 2.45) is 5.92 Å². The van der Waals surface area contributed by atoms with Gasteiger partial charge in [0, 0.05) is 18.2 Å². The van der Waals surface area contributed by atoms with Crippen molar-refractivity contribution in [1.82, 2.24) is 5.32 Å². The third-order valence-electron chi connectivity index (χ3n) is 2.59. The smallest absolute Gasteiger partial charge is 0.311 e. The molecule has 0 saturated heterocycles. The number of amides is 1. The van der Waals surface area contributed by atoms with Crippen molar-refractivity contribution in [1.29, 1.82) is 0 Å². The highest BCUT2D eigenvalue weighted by molar-refractivity contribution is 5.81. The molecule has 0 aliphatic heterocycles. The van der Waals surface area contributed by atoms with E-state index in [1.54, 1.807) is 6.07 Å². The molecule has 0 saturated carbocycles. The number of benzene rings is 1. The van der Waals surface area contributed by atoms with E-state index in [2.05, 4.69) is 5.32 Å². The number of carbonyl (C=O) groups excluding carboxylic acids is 2. The van der Waals surface area contributed by atoms with Gasteiger partial charge in [0.2, 0.25) is 0 Å². The first-order valence-corrected chi connectivity index (χ1v) is 6.54. The van der Waals surface area contributed by atoms with Gasteiger partial charge in [-0.2, -0.15) is 0 Å². The molecule has 1 amide bonds. The van der Waals surface area contributed by atoms with Gasteiger partial charge in [0.05, 0.1) is 11.3 Å². The number of esters is 1. The number of para-hydroxylation sites is 1. The predicted molar refractivity (Wildman–Crippen MR) is 75.6 cm³/mol. The summed E-state index contributed by atoms with van der Waals surface area (Å²) in [4.78, 5) is 33.2. The van der Waals surface area contributed by atoms with E-state index < -0.39 is 10.9 Å². The van der Waals surface area contributed by atoms with Crippen LogP contribution in [0.1, 0.15) is 19.4 Å². The van der Waals surface area contributed by atoms with Crippen LogP contribution in [0.15, 0.2) is 24.3 Å². The summed E-state index contributed by atoms with van der Waals surface area (Å²) in [5.74, 6) is -0.764. The molecule has 0 fully saturated rings. The summed E-state index contributed by atoms with van der Waals surface area (Å²) in [6.07, 6.45) is -0.241. The quantitative estimate of drug-likeness (QED) is 0.466. The first-order chi connectivity index (χ1) is 9.90. The van der Waals surface area contributed by atoms with Gasteiger partial charge in [0.1, 0.15) is 0 Å². The fourth-order valence-corrected chi connectivity index (χ4v) is 1.56. The molecule has 114 valence electrons. The van der Waals surface area contributed by atoms with Gasteiger partial charge in [0.25, 0.3) is 11.6 Å². The highest BCUT2D eigenvalue weighted by Crippen LogP contribution is 2.18. The number of carbonyl (C=O) groups is 2. The topological polar surface area (TPSA) is 98.5 Å². The zero-order valence-corrected chi connectivity index (χ0v) is 12.0. The second-order valence-electron chi connectivity index (χ2n) is 4.92. The van der Waals surface area contributed by atoms with Crippen LogP contribution in [0, 0.1) is 16.0 Å². The number of rotatable bonds is 7. The maximum atomic E-state index is 11.6. The molecule has 1 rings (SSSR count). The molecule has 0 aliphatic carbocycles. The molecule has 7 nitrogen and oxygen atoms in total. The molecule has 0 radical (unpaired) electrons. The normalized spacial score (nSPS) is 10.2. The van der Waals surface area contributed by atoms with Crippen LogP contribution in [0.3, 0.4) is 0 Å². The van der Waals surface area contributed by atoms with Gasteiger partial charge in [-0.25, -0.2) is 0 Å². The van der Waals surface area contributed by atoms with E-state index in [9.17, 15) is 19.7 Å². The predicted octanol–water partition coefficient (Wildman–Crippen LogP) is 1.45. The molecule has 0 atom stereocenters. The largest absolute Gasteiger partial charge is 0.455 e. The molecular formula is C14H18N2O5. The molecule has 1 aromatic carbocycles. The van der Waals surface area contributed by atoms with E-state index in [0.717, 1.165) is 0 Å². The molecule has 0 heterocycles. The van der Waals surface area contributed by atoms with Crippen LogP contribution in [0.2, 0.25) is 0 Å². The summed E-state index contributed by atoms with van der Waals surface area (Å²) in [6.45, 7) is 4.01. The Morgan fingerprint density at radius 2 is 2.00 bits per heavy atom. The van der Waals surface area contributed by atoms with Crippen LogP contribution in [-0.2, 0) is 20.7 Å². The highest BCUT2D eigenvalue weighted by atomic mass is 16.6. The zero-order valence-electron chi connectivity index (χ0n) is 12.0. The van der Waals surface area contributed by atoms with Crippen molar-refractivity contribution >= 4 is 17.6 Å². The number of nitro benzene ring substituents is 1. The summed E-state index contributed by atoms with van der Waals surface area (Å²) >= 11 is 0. The van der Waals surface area contributed by atoms with Crippen molar-refractivity contribution in [3.8, 4) is 0 Å². The van der Waals surface area contributed by atoms with E-state index in [1.165, 1.54) is 18.2 Å². The lowest BCUT2D eigenvalue weighted by atomic mass is 10.1. The van der Waals surface area contributed by atoms with Gasteiger partial charge in [-0.3, -0.25) is 19.7 Å². The van der Waals surface area contributed by atoms with Crippen LogP contribution >= 0.6 is 0 Å². The minimum atomic E-state index is -0.677. The maximum absolute atomic E-state index is 11.6. The fourth-order valence-electron chi connectivity index (χ4n) is 1.56. The Kier molecular flexibility index (Phi) is 6.32. The van der Waals surface area contributed by atoms with E-state index in [4.69, 9.17) is 4.74 Å². The third kappa shape index (κ3) is 6.03. The van der Waals surface area contributed by atoms with Gasteiger partial charge < -0.3 is 10.1 Å². The van der Waals surface area contributed by atoms with E-state index >= 15 is 0 Å². The van der Waals surface area contributed by atoms with Crippen LogP contribution in [0.5, 0.6) is 0 Å². The van der Waals surface area contributed by atoms with Crippen molar-refractivity contribution < 1.29 is 19.2 Å². The molecule has 1 aromatic rings. The monoisotopic (exact) mass is 294 g/mol. The lowest BCUT2D eigenvalue weighted by Gasteiger charge is -2.08. The average Bonchev–Trinajstić information content (AvgIpc) is 2.43. The number of nitrogens with one attached hydrogen (secondary N) is 1. The van der Waals surface area contributed by atoms with Crippen LogP contribution in [0.4, 0.5) is 5.69 Å². The molecule has 0 aromatic heterocycles. The Hall–Kier alpha value is -2.44. The number of nitrogens with zero attached hydrogens (tertiary/aromatic N) is 1. The molecule has 0 bridgehead atoms. The van der Waals surface area contributed by atoms with Crippen molar-refractivity contribution in [2.45, 2.75) is 20.3 Å². The maximum Gasteiger partial charge on any atom is 0.311 e. The standard InChI is InChI=1S/C14H18N2O5/c1-10(2)8-15-13(17)9-21-14(18)7-11-5-3-4-6-12(11)16(19)20/h3-6,10H,7-9H2,1-2H3,(H,15,17). The summed E-state index contributed by atoms with van der Waals surface area (Å²) in [7, 11) is 0. The third-order valence-corrected chi connectivity index (χ3v) is 2.59. The van der Waals surface area contributed by atoms with Gasteiger partial charge >= 0.3 is 5.97 Å². The summed E-state index contributed by atoms with van der Waals surface area (Å²) < 4.78 is 4.80. The molecule has 1 N–H and O–H groups in total. The number of hydrogen-bond donors (Lipinski definition) is 1. The second kappa shape index (κ2) is 7.98. The number of hydrogen-bond acceptors (Lipinski definition) is 5. The van der Waals surface area contributed by atoms with Crippen LogP contribution in [0.25, 0.3) is 0 Å². The summed E-state index contributed by atoms with van der Waals surface area (Å²) in [5, 5.41) is 13.4. The van der Waals surface area contributed by atoms with Crippen molar-refractivity contribution in [2.75, 3.05) is 13.2 Å². The van der Waals surface area contributed by atoms with Crippen molar-refractivity contribution in [3.63, 3.8) is 0 Å². The van der Waals surface area contributed by atoms with Crippen LogP contribution < -0.4 is 5.32 Å². The Morgan fingerprint density at radius 1 is 1.33 bits per heavy atom. The zero-order chi connectivity index (χ0) is 15.8. The lowest BCUT2D eigenvalue weighted by molar-refractivity contribution is -0.385. The fraction of sp³-hybridized carbons (Fsp3) is 0.429.